The summed E-state index contributed by atoms with van der Waals surface area (Å²) in [6.45, 7) is 0. The van der Waals surface area contributed by atoms with Gasteiger partial charge in [0.1, 0.15) is 5.01 Å². The second kappa shape index (κ2) is 5.75. The topological polar surface area (TPSA) is 67.3 Å². The SMILES string of the molecule is O=C(O)c1ccc(S(=O)Cc2nc3ccccc3s2)cc1. The molecule has 0 saturated carbocycles. The Hall–Kier alpha value is -2.05. The van der Waals surface area contributed by atoms with Gasteiger partial charge in [0.2, 0.25) is 0 Å². The van der Waals surface area contributed by atoms with Crippen molar-refractivity contribution in [1.29, 1.82) is 0 Å². The average Bonchev–Trinajstić information content (AvgIpc) is 2.89. The molecule has 2 aromatic carbocycles. The Morgan fingerprint density at radius 1 is 1.14 bits per heavy atom. The molecule has 0 saturated heterocycles. The number of thiazole rings is 1. The van der Waals surface area contributed by atoms with Crippen LogP contribution in [0.15, 0.2) is 53.4 Å². The van der Waals surface area contributed by atoms with E-state index in [1.807, 2.05) is 24.3 Å². The molecule has 4 nitrogen and oxygen atoms in total. The van der Waals surface area contributed by atoms with Crippen LogP contribution in [-0.2, 0) is 16.6 Å². The molecule has 1 unspecified atom stereocenters. The fraction of sp³-hybridized carbons (Fsp3) is 0.0667. The van der Waals surface area contributed by atoms with E-state index in [9.17, 15) is 9.00 Å². The molecule has 0 radical (unpaired) electrons. The number of nitrogens with zero attached hydrogens (tertiary/aromatic N) is 1. The Kier molecular flexibility index (Phi) is 3.81. The van der Waals surface area contributed by atoms with Gasteiger partial charge in [-0.2, -0.15) is 0 Å². The summed E-state index contributed by atoms with van der Waals surface area (Å²) in [7, 11) is -1.23. The van der Waals surface area contributed by atoms with Crippen molar-refractivity contribution in [3.8, 4) is 0 Å². The normalized spacial score (nSPS) is 12.4. The quantitative estimate of drug-likeness (QED) is 0.801. The number of carbonyl (C=O) groups is 1. The minimum Gasteiger partial charge on any atom is -0.478 e. The summed E-state index contributed by atoms with van der Waals surface area (Å²) >= 11 is 1.53. The van der Waals surface area contributed by atoms with E-state index in [0.29, 0.717) is 10.6 Å². The number of rotatable bonds is 4. The predicted molar refractivity (Wildman–Crippen MR) is 83.1 cm³/mol. The monoisotopic (exact) mass is 317 g/mol. The summed E-state index contributed by atoms with van der Waals surface area (Å²) in [5.74, 6) is -0.648. The minimum absolute atomic E-state index is 0.190. The van der Waals surface area contributed by atoms with E-state index in [-0.39, 0.29) is 5.56 Å². The van der Waals surface area contributed by atoms with Gasteiger partial charge >= 0.3 is 5.97 Å². The summed E-state index contributed by atoms with van der Waals surface area (Å²) in [4.78, 5) is 15.9. The molecular formula is C15H11NO3S2. The molecule has 0 fully saturated rings. The van der Waals surface area contributed by atoms with Gasteiger partial charge in [-0.3, -0.25) is 4.21 Å². The molecule has 0 aliphatic rings. The molecule has 3 rings (SSSR count). The van der Waals surface area contributed by atoms with Crippen molar-refractivity contribution in [1.82, 2.24) is 4.98 Å². The van der Waals surface area contributed by atoms with Gasteiger partial charge in [-0.25, -0.2) is 9.78 Å². The van der Waals surface area contributed by atoms with E-state index in [1.54, 1.807) is 12.1 Å². The van der Waals surface area contributed by atoms with E-state index in [2.05, 4.69) is 4.98 Å². The molecule has 0 bridgehead atoms. The first kappa shape index (κ1) is 13.9. The van der Waals surface area contributed by atoms with E-state index in [1.165, 1.54) is 23.5 Å². The van der Waals surface area contributed by atoms with Crippen molar-refractivity contribution in [2.24, 2.45) is 0 Å². The second-order valence-electron chi connectivity index (χ2n) is 4.39. The lowest BCUT2D eigenvalue weighted by Crippen LogP contribution is -1.99. The van der Waals surface area contributed by atoms with Crippen LogP contribution in [0.25, 0.3) is 10.2 Å². The molecule has 0 spiro atoms. The first-order valence-electron chi connectivity index (χ1n) is 6.19. The third-order valence-electron chi connectivity index (χ3n) is 2.96. The Balaban J connectivity index is 1.80. The Morgan fingerprint density at radius 2 is 1.86 bits per heavy atom. The largest absolute Gasteiger partial charge is 0.478 e. The van der Waals surface area contributed by atoms with Crippen LogP contribution in [0.5, 0.6) is 0 Å². The van der Waals surface area contributed by atoms with Crippen molar-refractivity contribution in [3.05, 3.63) is 59.1 Å². The fourth-order valence-electron chi connectivity index (χ4n) is 1.93. The van der Waals surface area contributed by atoms with Gasteiger partial charge in [0.25, 0.3) is 0 Å². The summed E-state index contributed by atoms with van der Waals surface area (Å²) < 4.78 is 13.4. The summed E-state index contributed by atoms with van der Waals surface area (Å²) in [6.07, 6.45) is 0. The first-order chi connectivity index (χ1) is 10.1. The second-order valence-corrected chi connectivity index (χ2v) is 6.96. The summed E-state index contributed by atoms with van der Waals surface area (Å²) in [5.41, 5.74) is 1.10. The van der Waals surface area contributed by atoms with Gasteiger partial charge in [-0.1, -0.05) is 12.1 Å². The van der Waals surface area contributed by atoms with Crippen LogP contribution in [0.4, 0.5) is 0 Å². The zero-order chi connectivity index (χ0) is 14.8. The van der Waals surface area contributed by atoms with E-state index in [0.717, 1.165) is 15.2 Å². The molecule has 0 amide bonds. The maximum Gasteiger partial charge on any atom is 0.335 e. The maximum atomic E-state index is 12.3. The highest BCUT2D eigenvalue weighted by Crippen LogP contribution is 2.24. The predicted octanol–water partition coefficient (Wildman–Crippen LogP) is 3.30. The summed E-state index contributed by atoms with van der Waals surface area (Å²) in [5, 5.41) is 9.66. The highest BCUT2D eigenvalue weighted by Gasteiger charge is 2.10. The van der Waals surface area contributed by atoms with Crippen LogP contribution in [0.2, 0.25) is 0 Å². The lowest BCUT2D eigenvalue weighted by atomic mass is 10.2. The standard InChI is InChI=1S/C15H11NO3S2/c17-15(18)10-5-7-11(8-6-10)21(19)9-14-16-12-3-1-2-4-13(12)20-14/h1-8H,9H2,(H,17,18). The van der Waals surface area contributed by atoms with Crippen molar-refractivity contribution in [2.45, 2.75) is 10.6 Å². The van der Waals surface area contributed by atoms with Crippen molar-refractivity contribution in [2.75, 3.05) is 0 Å². The van der Waals surface area contributed by atoms with Crippen LogP contribution >= 0.6 is 11.3 Å². The highest BCUT2D eigenvalue weighted by molar-refractivity contribution is 7.84. The van der Waals surface area contributed by atoms with Crippen LogP contribution in [0.3, 0.4) is 0 Å². The van der Waals surface area contributed by atoms with Crippen molar-refractivity contribution >= 4 is 38.3 Å². The third-order valence-corrected chi connectivity index (χ3v) is 5.51. The van der Waals surface area contributed by atoms with Gasteiger partial charge in [0.05, 0.1) is 32.3 Å². The Morgan fingerprint density at radius 3 is 2.52 bits per heavy atom. The van der Waals surface area contributed by atoms with E-state index < -0.39 is 16.8 Å². The van der Waals surface area contributed by atoms with E-state index >= 15 is 0 Å². The number of hydrogen-bond acceptors (Lipinski definition) is 4. The lowest BCUT2D eigenvalue weighted by molar-refractivity contribution is 0.0697. The number of aromatic carboxylic acids is 1. The number of para-hydroxylation sites is 1. The lowest BCUT2D eigenvalue weighted by Gasteiger charge is -2.00. The molecule has 21 heavy (non-hydrogen) atoms. The first-order valence-corrected chi connectivity index (χ1v) is 8.33. The van der Waals surface area contributed by atoms with Crippen LogP contribution in [0, 0.1) is 0 Å². The maximum absolute atomic E-state index is 12.3. The molecule has 6 heteroatoms. The number of carboxylic acid groups (broad SMARTS) is 1. The zero-order valence-electron chi connectivity index (χ0n) is 10.9. The molecule has 1 atom stereocenters. The molecular weight excluding hydrogens is 306 g/mol. The number of aromatic nitrogens is 1. The Bertz CT molecular complexity index is 791. The van der Waals surface area contributed by atoms with Gasteiger partial charge in [-0.05, 0) is 36.4 Å². The molecule has 1 heterocycles. The van der Waals surface area contributed by atoms with E-state index in [4.69, 9.17) is 5.11 Å². The number of benzene rings is 2. The van der Waals surface area contributed by atoms with Crippen LogP contribution in [0.1, 0.15) is 15.4 Å². The molecule has 1 aromatic heterocycles. The molecule has 1 N–H and O–H groups in total. The molecule has 106 valence electrons. The zero-order valence-corrected chi connectivity index (χ0v) is 12.5. The summed E-state index contributed by atoms with van der Waals surface area (Å²) in [6, 6.07) is 13.9. The van der Waals surface area contributed by atoms with Crippen molar-refractivity contribution in [3.63, 3.8) is 0 Å². The minimum atomic E-state index is -1.23. The number of carboxylic acids is 1. The molecule has 3 aromatic rings. The van der Waals surface area contributed by atoms with Crippen LogP contribution < -0.4 is 0 Å². The van der Waals surface area contributed by atoms with Crippen molar-refractivity contribution < 1.29 is 14.1 Å². The fourth-order valence-corrected chi connectivity index (χ4v) is 4.14. The smallest absolute Gasteiger partial charge is 0.335 e. The molecule has 0 aliphatic heterocycles. The highest BCUT2D eigenvalue weighted by atomic mass is 32.2. The van der Waals surface area contributed by atoms with Gasteiger partial charge in [0.15, 0.2) is 0 Å². The third kappa shape index (κ3) is 3.01. The number of hydrogen-bond donors (Lipinski definition) is 1. The van der Waals surface area contributed by atoms with Gasteiger partial charge in [-0.15, -0.1) is 11.3 Å². The average molecular weight is 317 g/mol. The number of fused-ring (bicyclic) bond motifs is 1. The molecule has 0 aliphatic carbocycles. The van der Waals surface area contributed by atoms with Gasteiger partial charge < -0.3 is 5.11 Å². The van der Waals surface area contributed by atoms with Crippen LogP contribution in [-0.4, -0.2) is 20.3 Å². The van der Waals surface area contributed by atoms with Gasteiger partial charge in [0, 0.05) is 4.90 Å². The Labute approximate surface area is 127 Å².